The molecule has 0 N–H and O–H groups in total. The molecule has 3 rings (SSSR count). The number of carbonyl (C=O) groups excluding carboxylic acids is 2. The Hall–Kier alpha value is -4.14. The second kappa shape index (κ2) is 11.1. The van der Waals surface area contributed by atoms with Gasteiger partial charge in [-0.05, 0) is 44.0 Å². The van der Waals surface area contributed by atoms with Crippen molar-refractivity contribution in [2.45, 2.75) is 26.7 Å². The fourth-order valence-corrected chi connectivity index (χ4v) is 3.83. The summed E-state index contributed by atoms with van der Waals surface area (Å²) < 4.78 is 10.6. The Morgan fingerprint density at radius 2 is 1.88 bits per heavy atom. The molecule has 0 radical (unpaired) electrons. The third kappa shape index (κ3) is 5.43. The number of benzene rings is 1. The van der Waals surface area contributed by atoms with Gasteiger partial charge in [-0.25, -0.2) is 4.79 Å². The van der Waals surface area contributed by atoms with Crippen molar-refractivity contribution in [1.29, 1.82) is 0 Å². The molecule has 0 saturated heterocycles. The third-order valence-corrected chi connectivity index (χ3v) is 5.26. The molecule has 0 saturated carbocycles. The number of pyridine rings is 1. The number of allylic oxidation sites excluding steroid dienone is 1. The van der Waals surface area contributed by atoms with E-state index in [0.717, 1.165) is 5.56 Å². The summed E-state index contributed by atoms with van der Waals surface area (Å²) in [5.74, 6) is -3.06. The first-order valence-electron chi connectivity index (χ1n) is 10.8. The van der Waals surface area contributed by atoms with Crippen molar-refractivity contribution < 1.29 is 24.0 Å². The van der Waals surface area contributed by atoms with Crippen molar-refractivity contribution >= 4 is 29.4 Å². The third-order valence-electron chi connectivity index (χ3n) is 5.26. The molecule has 34 heavy (non-hydrogen) atoms. The van der Waals surface area contributed by atoms with Crippen LogP contribution in [0.1, 0.15) is 37.8 Å². The molecule has 1 aromatic heterocycles. The van der Waals surface area contributed by atoms with E-state index in [1.807, 2.05) is 6.07 Å². The molecule has 2 aromatic rings. The minimum Gasteiger partial charge on any atom is -0.465 e. The number of hydrogen-bond acceptors (Lipinski definition) is 8. The van der Waals surface area contributed by atoms with Crippen LogP contribution in [-0.2, 0) is 19.1 Å². The van der Waals surface area contributed by atoms with Gasteiger partial charge in [-0.2, -0.15) is 0 Å². The van der Waals surface area contributed by atoms with Crippen LogP contribution in [-0.4, -0.2) is 40.8 Å². The summed E-state index contributed by atoms with van der Waals surface area (Å²) in [6, 6.07) is 9.49. The maximum Gasteiger partial charge on any atom is 0.336 e. The number of rotatable bonds is 8. The summed E-state index contributed by atoms with van der Waals surface area (Å²) in [5, 5.41) is 11.4. The van der Waals surface area contributed by atoms with E-state index >= 15 is 0 Å². The molecule has 9 nitrogen and oxygen atoms in total. The zero-order valence-corrected chi connectivity index (χ0v) is 19.1. The van der Waals surface area contributed by atoms with Gasteiger partial charge >= 0.3 is 11.9 Å². The minimum absolute atomic E-state index is 0.107. The molecule has 176 valence electrons. The smallest absolute Gasteiger partial charge is 0.336 e. The highest BCUT2D eigenvalue weighted by molar-refractivity contribution is 6.07. The summed E-state index contributed by atoms with van der Waals surface area (Å²) in [4.78, 5) is 45.7. The monoisotopic (exact) mass is 463 g/mol. The van der Waals surface area contributed by atoms with Crippen molar-refractivity contribution in [2.75, 3.05) is 13.2 Å². The Bertz CT molecular complexity index is 1170. The maximum absolute atomic E-state index is 13.2. The van der Waals surface area contributed by atoms with E-state index in [2.05, 4.69) is 9.98 Å². The number of nitrogens with zero attached hydrogens (tertiary/aromatic N) is 3. The van der Waals surface area contributed by atoms with Gasteiger partial charge in [0.25, 0.3) is 5.69 Å². The van der Waals surface area contributed by atoms with Crippen LogP contribution in [0.2, 0.25) is 0 Å². The molecule has 1 aromatic carbocycles. The number of non-ortho nitro benzene ring substituents is 1. The molecule has 2 heterocycles. The Balaban J connectivity index is 2.24. The van der Waals surface area contributed by atoms with E-state index < -0.39 is 28.7 Å². The van der Waals surface area contributed by atoms with Crippen molar-refractivity contribution in [3.63, 3.8) is 0 Å². The number of carbonyl (C=O) groups is 2. The van der Waals surface area contributed by atoms with E-state index in [9.17, 15) is 19.7 Å². The second-order valence-corrected chi connectivity index (χ2v) is 7.45. The standard InChI is InChI=1S/C25H25N3O6/c1-4-33-24(29)21-16(3)27-20(12-11-17-8-7-13-26-15-17)23(25(30)34-5-2)22(21)18-9-6-10-19(14-18)28(31)32/h6-15,21-22H,4-5H2,1-3H3. The molecule has 2 atom stereocenters. The minimum atomic E-state index is -0.947. The lowest BCUT2D eigenvalue weighted by atomic mass is 9.75. The number of ether oxygens (including phenoxy) is 2. The van der Waals surface area contributed by atoms with E-state index in [1.54, 1.807) is 57.4 Å². The zero-order valence-electron chi connectivity index (χ0n) is 19.1. The molecule has 0 aliphatic carbocycles. The highest BCUT2D eigenvalue weighted by atomic mass is 16.6. The molecule has 1 aliphatic rings. The summed E-state index contributed by atoms with van der Waals surface area (Å²) >= 11 is 0. The summed E-state index contributed by atoms with van der Waals surface area (Å²) in [6.45, 7) is 5.27. The van der Waals surface area contributed by atoms with Crippen LogP contribution in [0.4, 0.5) is 5.69 Å². The lowest BCUT2D eigenvalue weighted by Crippen LogP contribution is -2.36. The number of aromatic nitrogens is 1. The van der Waals surface area contributed by atoms with Crippen LogP contribution in [0.15, 0.2) is 71.1 Å². The topological polar surface area (TPSA) is 121 Å². The van der Waals surface area contributed by atoms with Gasteiger partial charge in [0, 0.05) is 36.2 Å². The van der Waals surface area contributed by atoms with Gasteiger partial charge in [0.2, 0.25) is 0 Å². The van der Waals surface area contributed by atoms with Gasteiger partial charge in [0.15, 0.2) is 0 Å². The molecule has 0 spiro atoms. The van der Waals surface area contributed by atoms with E-state index in [1.165, 1.54) is 18.2 Å². The predicted octanol–water partition coefficient (Wildman–Crippen LogP) is 4.26. The molecular weight excluding hydrogens is 438 g/mol. The lowest BCUT2D eigenvalue weighted by Gasteiger charge is -2.31. The maximum atomic E-state index is 13.2. The van der Waals surface area contributed by atoms with Crippen LogP contribution < -0.4 is 0 Å². The van der Waals surface area contributed by atoms with Crippen LogP contribution in [0, 0.1) is 16.0 Å². The molecule has 2 unspecified atom stereocenters. The second-order valence-electron chi connectivity index (χ2n) is 7.45. The van der Waals surface area contributed by atoms with E-state index in [0.29, 0.717) is 17.0 Å². The fourth-order valence-electron chi connectivity index (χ4n) is 3.83. The number of esters is 2. The van der Waals surface area contributed by atoms with E-state index in [-0.39, 0.29) is 24.5 Å². The van der Waals surface area contributed by atoms with Crippen LogP contribution in [0.3, 0.4) is 0 Å². The summed E-state index contributed by atoms with van der Waals surface area (Å²) in [5.41, 5.74) is 1.90. The van der Waals surface area contributed by atoms with Crippen molar-refractivity contribution in [3.8, 4) is 0 Å². The van der Waals surface area contributed by atoms with Gasteiger partial charge in [-0.1, -0.05) is 24.3 Å². The number of nitro groups is 1. The fraction of sp³-hybridized carbons (Fsp3) is 0.280. The normalized spacial score (nSPS) is 17.9. The number of hydrogen-bond donors (Lipinski definition) is 0. The quantitative estimate of drug-likeness (QED) is 0.326. The highest BCUT2D eigenvalue weighted by Crippen LogP contribution is 2.41. The summed E-state index contributed by atoms with van der Waals surface area (Å²) in [6.07, 6.45) is 6.69. The average Bonchev–Trinajstić information content (AvgIpc) is 2.83. The van der Waals surface area contributed by atoms with Crippen molar-refractivity contribution in [1.82, 2.24) is 4.98 Å². The van der Waals surface area contributed by atoms with Gasteiger partial charge < -0.3 is 9.47 Å². The molecule has 0 bridgehead atoms. The summed E-state index contributed by atoms with van der Waals surface area (Å²) in [7, 11) is 0. The molecule has 0 amide bonds. The molecule has 0 fully saturated rings. The van der Waals surface area contributed by atoms with E-state index in [4.69, 9.17) is 9.47 Å². The Kier molecular flexibility index (Phi) is 8.02. The average molecular weight is 463 g/mol. The first-order valence-corrected chi connectivity index (χ1v) is 10.8. The first kappa shape index (κ1) is 24.5. The zero-order chi connectivity index (χ0) is 24.7. The van der Waals surface area contributed by atoms with Gasteiger partial charge in [-0.15, -0.1) is 0 Å². The Morgan fingerprint density at radius 1 is 1.12 bits per heavy atom. The van der Waals surface area contributed by atoms with Crippen LogP contribution in [0.5, 0.6) is 0 Å². The molecular formula is C25H25N3O6. The number of aliphatic imine (C=N–C) groups is 1. The van der Waals surface area contributed by atoms with Crippen molar-refractivity contribution in [3.05, 3.63) is 87.4 Å². The lowest BCUT2D eigenvalue weighted by molar-refractivity contribution is -0.384. The largest absolute Gasteiger partial charge is 0.465 e. The SMILES string of the molecule is CCOC(=O)C1=C(C=Cc2cccnc2)N=C(C)C(C(=O)OCC)C1c1cccc([N+](=O)[O-])c1. The predicted molar refractivity (Wildman–Crippen MR) is 126 cm³/mol. The van der Waals surface area contributed by atoms with Gasteiger partial charge in [0.05, 0.1) is 29.4 Å². The first-order chi connectivity index (χ1) is 16.4. The van der Waals surface area contributed by atoms with Gasteiger partial charge in [-0.3, -0.25) is 24.9 Å². The van der Waals surface area contributed by atoms with Crippen LogP contribution in [0.25, 0.3) is 6.08 Å². The van der Waals surface area contributed by atoms with Crippen LogP contribution >= 0.6 is 0 Å². The Morgan fingerprint density at radius 3 is 2.53 bits per heavy atom. The highest BCUT2D eigenvalue weighted by Gasteiger charge is 2.43. The molecule has 9 heteroatoms. The Labute approximate surface area is 197 Å². The van der Waals surface area contributed by atoms with Crippen molar-refractivity contribution in [2.24, 2.45) is 10.9 Å². The van der Waals surface area contributed by atoms with Gasteiger partial charge in [0.1, 0.15) is 5.92 Å². The number of nitro benzene ring substituents is 1. The molecule has 1 aliphatic heterocycles.